The summed E-state index contributed by atoms with van der Waals surface area (Å²) in [4.78, 5) is 52.3. The molecule has 4 rings (SSSR count). The van der Waals surface area contributed by atoms with Crippen LogP contribution in [0.1, 0.15) is 37.8 Å². The molecule has 0 saturated carbocycles. The second kappa shape index (κ2) is 13.0. The minimum atomic E-state index is -1.21. The van der Waals surface area contributed by atoms with Crippen molar-refractivity contribution in [2.75, 3.05) is 18.1 Å². The number of carboxylic acids is 1. The minimum absolute atomic E-state index is 0.0823. The Labute approximate surface area is 233 Å². The topological polar surface area (TPSA) is 171 Å². The molecule has 39 heavy (non-hydrogen) atoms. The van der Waals surface area contributed by atoms with E-state index < -0.39 is 41.3 Å². The van der Waals surface area contributed by atoms with E-state index in [2.05, 4.69) is 38.4 Å². The third-order valence-electron chi connectivity index (χ3n) is 6.24. The van der Waals surface area contributed by atoms with E-state index in [4.69, 9.17) is 0 Å². The van der Waals surface area contributed by atoms with E-state index in [0.29, 0.717) is 34.3 Å². The van der Waals surface area contributed by atoms with Crippen LogP contribution in [0.3, 0.4) is 0 Å². The summed E-state index contributed by atoms with van der Waals surface area (Å²) < 4.78 is 1.48. The van der Waals surface area contributed by atoms with E-state index in [0.717, 1.165) is 19.3 Å². The molecule has 0 spiro atoms. The normalized spacial score (nSPS) is 19.1. The van der Waals surface area contributed by atoms with Crippen molar-refractivity contribution in [2.24, 2.45) is 7.05 Å². The van der Waals surface area contributed by atoms with E-state index in [-0.39, 0.29) is 5.70 Å². The van der Waals surface area contributed by atoms with Crippen LogP contribution in [0.2, 0.25) is 0 Å². The molecule has 1 aromatic heterocycles. The summed E-state index contributed by atoms with van der Waals surface area (Å²) >= 11 is 2.65. The number of thioether (sulfide) groups is 2. The largest absolute Gasteiger partial charge is 0.477 e. The predicted octanol–water partition coefficient (Wildman–Crippen LogP) is 1.27. The lowest BCUT2D eigenvalue weighted by atomic mass is 10.0. The molecular weight excluding hydrogens is 544 g/mol. The highest BCUT2D eigenvalue weighted by atomic mass is 32.2. The second-order valence-electron chi connectivity index (χ2n) is 8.98. The number of benzene rings is 1. The van der Waals surface area contributed by atoms with Gasteiger partial charge >= 0.3 is 12.0 Å². The predicted molar refractivity (Wildman–Crippen MR) is 144 cm³/mol. The van der Waals surface area contributed by atoms with Crippen molar-refractivity contribution in [1.82, 2.24) is 41.1 Å². The molecule has 2 unspecified atom stereocenters. The number of fused-ring (bicyclic) bond motifs is 1. The molecule has 13 nitrogen and oxygen atoms in total. The zero-order chi connectivity index (χ0) is 27.9. The van der Waals surface area contributed by atoms with Crippen LogP contribution in [0.15, 0.2) is 46.8 Å². The molecule has 4 amide bonds. The highest BCUT2D eigenvalue weighted by molar-refractivity contribution is 8.01. The van der Waals surface area contributed by atoms with Crippen LogP contribution in [0, 0.1) is 0 Å². The number of tetrazole rings is 1. The Morgan fingerprint density at radius 1 is 1.23 bits per heavy atom. The number of aromatic nitrogens is 4. The quantitative estimate of drug-likeness (QED) is 0.164. The number of rotatable bonds is 12. The van der Waals surface area contributed by atoms with Gasteiger partial charge in [0.1, 0.15) is 23.2 Å². The Morgan fingerprint density at radius 2 is 2.00 bits per heavy atom. The van der Waals surface area contributed by atoms with Crippen LogP contribution in [-0.4, -0.2) is 83.5 Å². The van der Waals surface area contributed by atoms with Gasteiger partial charge in [0, 0.05) is 25.1 Å². The molecule has 15 heteroatoms. The van der Waals surface area contributed by atoms with Gasteiger partial charge in [-0.05, 0) is 28.0 Å². The van der Waals surface area contributed by atoms with Gasteiger partial charge in [-0.3, -0.25) is 14.5 Å². The molecule has 2 aliphatic heterocycles. The molecule has 1 fully saturated rings. The number of urea groups is 1. The van der Waals surface area contributed by atoms with Gasteiger partial charge in [0.05, 0.1) is 0 Å². The second-order valence-corrected chi connectivity index (χ2v) is 11.0. The molecule has 2 aromatic rings. The molecular formula is C24H30N8O5S2. The number of carbonyl (C=O) groups is 4. The van der Waals surface area contributed by atoms with Gasteiger partial charge < -0.3 is 21.1 Å². The maximum atomic E-state index is 13.3. The molecule has 2 aliphatic rings. The van der Waals surface area contributed by atoms with Gasteiger partial charge in [0.15, 0.2) is 0 Å². The number of hydrogen-bond donors (Lipinski definition) is 4. The number of aryl methyl sites for hydroxylation is 1. The van der Waals surface area contributed by atoms with E-state index >= 15 is 0 Å². The average Bonchev–Trinajstić information content (AvgIpc) is 3.35. The lowest BCUT2D eigenvalue weighted by molar-refractivity contribution is -0.151. The summed E-state index contributed by atoms with van der Waals surface area (Å²) in [5.74, 6) is -1.63. The van der Waals surface area contributed by atoms with E-state index in [9.17, 15) is 24.3 Å². The SMILES string of the molecule is CCCCCNC(=O)NC(C(=O)N[C@H]1C(=O)N2C(C(=O)O)=C(CSc3nnnn3C)CSC12)c1ccccc1. The lowest BCUT2D eigenvalue weighted by Gasteiger charge is -2.49. The Hall–Kier alpha value is -3.59. The van der Waals surface area contributed by atoms with Crippen molar-refractivity contribution in [1.29, 1.82) is 0 Å². The monoisotopic (exact) mass is 574 g/mol. The lowest BCUT2D eigenvalue weighted by Crippen LogP contribution is -2.71. The van der Waals surface area contributed by atoms with Crippen LogP contribution in [0.5, 0.6) is 0 Å². The molecule has 3 atom stereocenters. The third-order valence-corrected chi connectivity index (χ3v) is 8.68. The first-order valence-electron chi connectivity index (χ1n) is 12.5. The van der Waals surface area contributed by atoms with Gasteiger partial charge in [-0.1, -0.05) is 61.9 Å². The zero-order valence-corrected chi connectivity index (χ0v) is 23.1. The van der Waals surface area contributed by atoms with E-state index in [1.807, 2.05) is 0 Å². The average molecular weight is 575 g/mol. The van der Waals surface area contributed by atoms with E-state index in [1.54, 1.807) is 37.4 Å². The van der Waals surface area contributed by atoms with Gasteiger partial charge in [-0.25, -0.2) is 14.3 Å². The van der Waals surface area contributed by atoms with Gasteiger partial charge in [-0.15, -0.1) is 16.9 Å². The Morgan fingerprint density at radius 3 is 2.67 bits per heavy atom. The first-order valence-corrected chi connectivity index (χ1v) is 14.5. The summed E-state index contributed by atoms with van der Waals surface area (Å²) in [7, 11) is 1.68. The number of aliphatic carboxylic acids is 1. The van der Waals surface area contributed by atoms with Crippen molar-refractivity contribution in [3.63, 3.8) is 0 Å². The first kappa shape index (κ1) is 28.4. The van der Waals surface area contributed by atoms with E-state index in [1.165, 1.54) is 33.1 Å². The molecule has 4 N–H and O–H groups in total. The number of hydrogen-bond acceptors (Lipinski definition) is 9. The number of β-lactam (4-membered cyclic amide) rings is 1. The maximum Gasteiger partial charge on any atom is 0.352 e. The fourth-order valence-electron chi connectivity index (χ4n) is 4.23. The summed E-state index contributed by atoms with van der Waals surface area (Å²) in [6.45, 7) is 2.55. The van der Waals surface area contributed by atoms with Gasteiger partial charge in [-0.2, -0.15) is 0 Å². The third kappa shape index (κ3) is 6.53. The highest BCUT2D eigenvalue weighted by Gasteiger charge is 2.54. The van der Waals surface area contributed by atoms with Gasteiger partial charge in [0.2, 0.25) is 11.1 Å². The summed E-state index contributed by atoms with van der Waals surface area (Å²) in [5, 5.41) is 29.3. The smallest absolute Gasteiger partial charge is 0.352 e. The van der Waals surface area contributed by atoms with Crippen molar-refractivity contribution in [2.45, 2.75) is 48.8 Å². The summed E-state index contributed by atoms with van der Waals surface area (Å²) in [5.41, 5.74) is 1.04. The van der Waals surface area contributed by atoms with Crippen LogP contribution >= 0.6 is 23.5 Å². The number of carbonyl (C=O) groups excluding carboxylic acids is 3. The molecule has 0 bridgehead atoms. The van der Waals surface area contributed by atoms with Crippen molar-refractivity contribution < 1.29 is 24.3 Å². The maximum absolute atomic E-state index is 13.3. The highest BCUT2D eigenvalue weighted by Crippen LogP contribution is 2.41. The van der Waals surface area contributed by atoms with Crippen molar-refractivity contribution in [3.05, 3.63) is 47.2 Å². The van der Waals surface area contributed by atoms with Crippen molar-refractivity contribution in [3.8, 4) is 0 Å². The standard InChI is InChI=1S/C24H30N8O5S2/c1-3-4-8-11-25-23(37)27-16(14-9-6-5-7-10-14)19(33)26-17-20(34)32-18(22(35)36)15(12-38-21(17)32)13-39-24-28-29-30-31(24)2/h5-7,9-10,16-17,21H,3-4,8,11-13H2,1-2H3,(H,26,33)(H,35,36)(H2,25,27,37)/t16?,17-,21?/m0/s1. The molecule has 1 aromatic carbocycles. The Kier molecular flexibility index (Phi) is 9.45. The molecule has 208 valence electrons. The summed E-state index contributed by atoms with van der Waals surface area (Å²) in [6.07, 6.45) is 2.82. The number of unbranched alkanes of at least 4 members (excludes halogenated alkanes) is 2. The Balaban J connectivity index is 1.44. The van der Waals surface area contributed by atoms with Crippen LogP contribution < -0.4 is 16.0 Å². The van der Waals surface area contributed by atoms with Crippen LogP contribution in [0.25, 0.3) is 0 Å². The first-order chi connectivity index (χ1) is 18.8. The summed E-state index contributed by atoms with van der Waals surface area (Å²) in [6, 6.07) is 6.30. The number of nitrogens with one attached hydrogen (secondary N) is 3. The van der Waals surface area contributed by atoms with Crippen LogP contribution in [-0.2, 0) is 21.4 Å². The number of carboxylic acid groups (broad SMARTS) is 1. The molecule has 3 heterocycles. The number of amides is 4. The Bertz CT molecular complexity index is 1250. The molecule has 0 radical (unpaired) electrons. The molecule has 1 saturated heterocycles. The number of nitrogens with zero attached hydrogens (tertiary/aromatic N) is 5. The molecule has 0 aliphatic carbocycles. The fraction of sp³-hybridized carbons (Fsp3) is 0.458. The minimum Gasteiger partial charge on any atom is -0.477 e. The zero-order valence-electron chi connectivity index (χ0n) is 21.5. The van der Waals surface area contributed by atoms with Gasteiger partial charge in [0.25, 0.3) is 5.91 Å². The van der Waals surface area contributed by atoms with Crippen LogP contribution in [0.4, 0.5) is 4.79 Å². The van der Waals surface area contributed by atoms with Crippen molar-refractivity contribution >= 4 is 47.3 Å². The fourth-order valence-corrected chi connectivity index (χ4v) is 6.57.